The summed E-state index contributed by atoms with van der Waals surface area (Å²) in [6.45, 7) is 1.88. The van der Waals surface area contributed by atoms with Crippen molar-refractivity contribution in [3.05, 3.63) is 59.4 Å². The predicted octanol–water partition coefficient (Wildman–Crippen LogP) is 4.65. The van der Waals surface area contributed by atoms with Gasteiger partial charge in [-0.2, -0.15) is 0 Å². The topological polar surface area (TPSA) is 49.4 Å². The molecule has 1 heterocycles. The van der Waals surface area contributed by atoms with Crippen molar-refractivity contribution in [1.82, 2.24) is 0 Å². The summed E-state index contributed by atoms with van der Waals surface area (Å²) in [5.74, 6) is 0.0242. The second kappa shape index (κ2) is 7.35. The van der Waals surface area contributed by atoms with Crippen molar-refractivity contribution in [2.24, 2.45) is 5.92 Å². The number of carbonyl (C=O) groups excluding carboxylic acids is 2. The largest absolute Gasteiger partial charge is 0.326 e. The number of nitrogens with zero attached hydrogens (tertiary/aromatic N) is 1. The fraction of sp³-hybridized carbons (Fsp3) is 0.333. The van der Waals surface area contributed by atoms with Crippen molar-refractivity contribution in [2.45, 2.75) is 31.6 Å². The number of rotatable bonds is 4. The second-order valence-electron chi connectivity index (χ2n) is 7.12. The SMILES string of the molecule is Cc1ccc(F)c(N2C(=O)CS[C@H]2c2ccc(NC(=O)C3CCC3)cc2)c1. The molecule has 4 rings (SSSR count). The molecule has 1 N–H and O–H groups in total. The smallest absolute Gasteiger partial charge is 0.238 e. The summed E-state index contributed by atoms with van der Waals surface area (Å²) in [6, 6.07) is 12.3. The molecule has 1 aliphatic heterocycles. The quantitative estimate of drug-likeness (QED) is 0.835. The van der Waals surface area contributed by atoms with Gasteiger partial charge in [0.15, 0.2) is 0 Å². The van der Waals surface area contributed by atoms with Crippen molar-refractivity contribution in [2.75, 3.05) is 16.0 Å². The molecule has 1 saturated carbocycles. The standard InChI is InChI=1S/C21H21FN2O2S/c1-13-5-10-17(22)18(11-13)24-19(25)12-27-21(24)15-6-8-16(9-7-15)23-20(26)14-3-2-4-14/h5-11,14,21H,2-4,12H2,1H3,(H,23,26)/t21-/m0/s1. The lowest BCUT2D eigenvalue weighted by Crippen LogP contribution is -2.29. The molecule has 4 nitrogen and oxygen atoms in total. The van der Waals surface area contributed by atoms with Crippen LogP contribution in [0.3, 0.4) is 0 Å². The van der Waals surface area contributed by atoms with Crippen LogP contribution in [-0.2, 0) is 9.59 Å². The molecular formula is C21H21FN2O2S. The maximum absolute atomic E-state index is 14.4. The molecule has 2 amide bonds. The Morgan fingerprint density at radius 3 is 2.59 bits per heavy atom. The van der Waals surface area contributed by atoms with E-state index in [0.717, 1.165) is 36.1 Å². The highest BCUT2D eigenvalue weighted by molar-refractivity contribution is 8.00. The van der Waals surface area contributed by atoms with Gasteiger partial charge in [0.05, 0.1) is 11.4 Å². The highest BCUT2D eigenvalue weighted by atomic mass is 32.2. The van der Waals surface area contributed by atoms with Crippen molar-refractivity contribution in [1.29, 1.82) is 0 Å². The molecule has 1 atom stereocenters. The third-order valence-corrected chi connectivity index (χ3v) is 6.38. The number of hydrogen-bond acceptors (Lipinski definition) is 3. The molecular weight excluding hydrogens is 363 g/mol. The number of benzene rings is 2. The normalized spacial score (nSPS) is 19.9. The van der Waals surface area contributed by atoms with Gasteiger partial charge in [-0.25, -0.2) is 4.39 Å². The summed E-state index contributed by atoms with van der Waals surface area (Å²) >= 11 is 1.48. The molecule has 1 aliphatic carbocycles. The number of thioether (sulfide) groups is 1. The van der Waals surface area contributed by atoms with Crippen LogP contribution in [0, 0.1) is 18.7 Å². The zero-order valence-electron chi connectivity index (χ0n) is 15.1. The van der Waals surface area contributed by atoms with Gasteiger partial charge >= 0.3 is 0 Å². The van der Waals surface area contributed by atoms with Gasteiger partial charge in [-0.1, -0.05) is 24.6 Å². The molecule has 2 aliphatic rings. The van der Waals surface area contributed by atoms with Crippen molar-refractivity contribution in [3.8, 4) is 0 Å². The van der Waals surface area contributed by atoms with Gasteiger partial charge < -0.3 is 5.32 Å². The van der Waals surface area contributed by atoms with Crippen LogP contribution in [0.4, 0.5) is 15.8 Å². The van der Waals surface area contributed by atoms with E-state index in [2.05, 4.69) is 5.32 Å². The van der Waals surface area contributed by atoms with Gasteiger partial charge in [0, 0.05) is 11.6 Å². The first-order valence-electron chi connectivity index (χ1n) is 9.13. The van der Waals surface area contributed by atoms with Crippen LogP contribution in [0.2, 0.25) is 0 Å². The Balaban J connectivity index is 1.55. The van der Waals surface area contributed by atoms with Gasteiger partial charge in [-0.15, -0.1) is 11.8 Å². The minimum Gasteiger partial charge on any atom is -0.326 e. The Kier molecular flexibility index (Phi) is 4.91. The zero-order valence-corrected chi connectivity index (χ0v) is 15.9. The number of carbonyl (C=O) groups is 2. The first kappa shape index (κ1) is 18.0. The fourth-order valence-corrected chi connectivity index (χ4v) is 4.55. The van der Waals surface area contributed by atoms with Crippen LogP contribution >= 0.6 is 11.8 Å². The lowest BCUT2D eigenvalue weighted by Gasteiger charge is -2.26. The minimum absolute atomic E-state index is 0.0721. The molecule has 6 heteroatoms. The highest BCUT2D eigenvalue weighted by Crippen LogP contribution is 2.43. The van der Waals surface area contributed by atoms with E-state index < -0.39 is 5.82 Å². The molecule has 2 aromatic carbocycles. The lowest BCUT2D eigenvalue weighted by atomic mass is 9.85. The number of anilines is 2. The van der Waals surface area contributed by atoms with E-state index in [1.807, 2.05) is 31.2 Å². The zero-order chi connectivity index (χ0) is 19.0. The third kappa shape index (κ3) is 3.58. The molecule has 0 aromatic heterocycles. The average Bonchev–Trinajstić information content (AvgIpc) is 2.97. The van der Waals surface area contributed by atoms with Crippen LogP contribution in [0.1, 0.15) is 35.8 Å². The van der Waals surface area contributed by atoms with Gasteiger partial charge in [0.25, 0.3) is 0 Å². The van der Waals surface area contributed by atoms with Crippen molar-refractivity contribution < 1.29 is 14.0 Å². The van der Waals surface area contributed by atoms with E-state index in [-0.39, 0.29) is 23.1 Å². The van der Waals surface area contributed by atoms with E-state index in [0.29, 0.717) is 11.4 Å². The van der Waals surface area contributed by atoms with Crippen LogP contribution in [0.25, 0.3) is 0 Å². The van der Waals surface area contributed by atoms with Crippen LogP contribution in [-0.4, -0.2) is 17.6 Å². The van der Waals surface area contributed by atoms with E-state index >= 15 is 0 Å². The van der Waals surface area contributed by atoms with Gasteiger partial charge in [-0.05, 0) is 55.2 Å². The van der Waals surface area contributed by atoms with Gasteiger partial charge in [0.2, 0.25) is 11.8 Å². The molecule has 1 saturated heterocycles. The first-order valence-corrected chi connectivity index (χ1v) is 10.2. The van der Waals surface area contributed by atoms with E-state index in [4.69, 9.17) is 0 Å². The summed E-state index contributed by atoms with van der Waals surface area (Å²) in [6.07, 6.45) is 3.04. The Morgan fingerprint density at radius 2 is 1.93 bits per heavy atom. The van der Waals surface area contributed by atoms with Crippen LogP contribution < -0.4 is 10.2 Å². The summed E-state index contributed by atoms with van der Waals surface area (Å²) in [7, 11) is 0. The van der Waals surface area contributed by atoms with Crippen molar-refractivity contribution in [3.63, 3.8) is 0 Å². The molecule has 0 radical (unpaired) electrons. The van der Waals surface area contributed by atoms with Crippen LogP contribution in [0.5, 0.6) is 0 Å². The number of aryl methyl sites for hydroxylation is 1. The molecule has 0 unspecified atom stereocenters. The maximum atomic E-state index is 14.4. The van der Waals surface area contributed by atoms with E-state index in [9.17, 15) is 14.0 Å². The number of nitrogens with one attached hydrogen (secondary N) is 1. The lowest BCUT2D eigenvalue weighted by molar-refractivity contribution is -0.122. The molecule has 2 aromatic rings. The summed E-state index contributed by atoms with van der Waals surface area (Å²) in [4.78, 5) is 26.0. The highest BCUT2D eigenvalue weighted by Gasteiger charge is 2.35. The predicted molar refractivity (Wildman–Crippen MR) is 106 cm³/mol. The molecule has 27 heavy (non-hydrogen) atoms. The van der Waals surface area contributed by atoms with E-state index in [1.54, 1.807) is 12.1 Å². The number of halogens is 1. The minimum atomic E-state index is -0.397. The Morgan fingerprint density at radius 1 is 1.19 bits per heavy atom. The molecule has 2 fully saturated rings. The Labute approximate surface area is 162 Å². The van der Waals surface area contributed by atoms with E-state index in [1.165, 1.54) is 22.7 Å². The van der Waals surface area contributed by atoms with Crippen molar-refractivity contribution >= 4 is 35.0 Å². The number of hydrogen-bond donors (Lipinski definition) is 1. The summed E-state index contributed by atoms with van der Waals surface area (Å²) in [5.41, 5.74) is 2.88. The van der Waals surface area contributed by atoms with Gasteiger partial charge in [-0.3, -0.25) is 14.5 Å². The first-order chi connectivity index (χ1) is 13.0. The molecule has 140 valence electrons. The maximum Gasteiger partial charge on any atom is 0.238 e. The summed E-state index contributed by atoms with van der Waals surface area (Å²) in [5, 5.41) is 2.67. The van der Waals surface area contributed by atoms with Crippen LogP contribution in [0.15, 0.2) is 42.5 Å². The average molecular weight is 384 g/mol. The summed E-state index contributed by atoms with van der Waals surface area (Å²) < 4.78 is 14.4. The molecule has 0 bridgehead atoms. The van der Waals surface area contributed by atoms with Gasteiger partial charge in [0.1, 0.15) is 11.2 Å². The Bertz CT molecular complexity index is 880. The fourth-order valence-electron chi connectivity index (χ4n) is 3.38. The molecule has 0 spiro atoms. The number of amides is 2. The third-order valence-electron chi connectivity index (χ3n) is 5.17. The Hall–Kier alpha value is -2.34. The monoisotopic (exact) mass is 384 g/mol. The second-order valence-corrected chi connectivity index (χ2v) is 8.19.